The Morgan fingerprint density at radius 1 is 1.03 bits per heavy atom. The lowest BCUT2D eigenvalue weighted by Gasteiger charge is -2.52. The summed E-state index contributed by atoms with van der Waals surface area (Å²) in [6.45, 7) is 7.01. The molecule has 38 heavy (non-hydrogen) atoms. The molecule has 0 bridgehead atoms. The van der Waals surface area contributed by atoms with E-state index in [0.29, 0.717) is 19.6 Å². The molecule has 1 aromatic rings. The summed E-state index contributed by atoms with van der Waals surface area (Å²) >= 11 is 1.90. The lowest BCUT2D eigenvalue weighted by atomic mass is 9.67. The van der Waals surface area contributed by atoms with Gasteiger partial charge in [-0.05, 0) is 78.5 Å². The molecule has 4 fully saturated rings. The van der Waals surface area contributed by atoms with Crippen LogP contribution >= 0.6 is 11.8 Å². The average Bonchev–Trinajstić information content (AvgIpc) is 3.13. The molecule has 0 radical (unpaired) electrons. The van der Waals surface area contributed by atoms with Gasteiger partial charge in [-0.3, -0.25) is 9.69 Å². The maximum Gasteiger partial charge on any atom is 0.320 e. The first-order chi connectivity index (χ1) is 18.0. The van der Waals surface area contributed by atoms with Crippen LogP contribution in [0, 0.1) is 5.41 Å². The van der Waals surface area contributed by atoms with Crippen LogP contribution in [0.4, 0.5) is 4.79 Å². The predicted octanol–water partition coefficient (Wildman–Crippen LogP) is 4.01. The summed E-state index contributed by atoms with van der Waals surface area (Å²) in [6.07, 6.45) is 6.21. The summed E-state index contributed by atoms with van der Waals surface area (Å²) < 4.78 is 0. The maximum atomic E-state index is 14.0. The molecule has 2 aliphatic heterocycles. The zero-order chi connectivity index (χ0) is 27.2. The molecule has 7 nitrogen and oxygen atoms in total. The maximum absolute atomic E-state index is 14.0. The Hall–Kier alpha value is -1.77. The average molecular weight is 543 g/mol. The predicted molar refractivity (Wildman–Crippen MR) is 153 cm³/mol. The molecule has 1 spiro atoms. The molecule has 2 aliphatic carbocycles. The van der Waals surface area contributed by atoms with Crippen LogP contribution in [0.2, 0.25) is 0 Å². The summed E-state index contributed by atoms with van der Waals surface area (Å²) in [7, 11) is 4.33. The van der Waals surface area contributed by atoms with Gasteiger partial charge in [-0.15, -0.1) is 0 Å². The first-order valence-corrected chi connectivity index (χ1v) is 15.6. The Morgan fingerprint density at radius 2 is 1.66 bits per heavy atom. The van der Waals surface area contributed by atoms with Gasteiger partial charge in [-0.25, -0.2) is 4.79 Å². The Labute approximate surface area is 232 Å². The lowest BCUT2D eigenvalue weighted by molar-refractivity contribution is -0.140. The molecular formula is C30H46N4O3S. The number of aliphatic hydroxyl groups is 1. The Morgan fingerprint density at radius 3 is 2.21 bits per heavy atom. The summed E-state index contributed by atoms with van der Waals surface area (Å²) in [6, 6.07) is 10.8. The third-order valence-corrected chi connectivity index (χ3v) is 10.9. The molecule has 0 unspecified atom stereocenters. The smallest absolute Gasteiger partial charge is 0.320 e. The quantitative estimate of drug-likeness (QED) is 0.564. The van der Waals surface area contributed by atoms with E-state index in [1.54, 1.807) is 0 Å². The number of thioether (sulfide) groups is 1. The standard InChI is InChI=1S/C30H46N4O3S/c1-27(2,25(35)32-17-19-38-20-18-32)21-33-22-28(34(26(33)36)23-29(37)11-8-12-29)13-15-30(16-14-28,31(3)4)24-9-6-5-7-10-24/h5-7,9-10,37H,8,11-23H2,1-4H3/t28-,30+. The molecule has 0 aromatic heterocycles. The van der Waals surface area contributed by atoms with Gasteiger partial charge in [0.1, 0.15) is 0 Å². The van der Waals surface area contributed by atoms with Crippen LogP contribution < -0.4 is 0 Å². The van der Waals surface area contributed by atoms with Gasteiger partial charge >= 0.3 is 6.03 Å². The van der Waals surface area contributed by atoms with Crippen molar-refractivity contribution in [2.75, 3.05) is 58.3 Å². The number of hydrogen-bond donors (Lipinski definition) is 1. The fourth-order valence-corrected chi connectivity index (χ4v) is 8.22. The van der Waals surface area contributed by atoms with Crippen LogP contribution in [0.1, 0.15) is 64.4 Å². The third-order valence-electron chi connectivity index (χ3n) is 9.93. The number of urea groups is 1. The number of hydrogen-bond acceptors (Lipinski definition) is 5. The van der Waals surface area contributed by atoms with Crippen LogP contribution in [0.25, 0.3) is 0 Å². The van der Waals surface area contributed by atoms with E-state index in [1.165, 1.54) is 5.56 Å². The van der Waals surface area contributed by atoms with E-state index in [2.05, 4.69) is 49.3 Å². The second kappa shape index (κ2) is 10.3. The minimum atomic E-state index is -0.773. The highest BCUT2D eigenvalue weighted by Gasteiger charge is 2.57. The van der Waals surface area contributed by atoms with E-state index in [9.17, 15) is 14.7 Å². The summed E-state index contributed by atoms with van der Waals surface area (Å²) in [5.74, 6) is 2.11. The van der Waals surface area contributed by atoms with E-state index >= 15 is 0 Å². The van der Waals surface area contributed by atoms with Crippen LogP contribution in [0.3, 0.4) is 0 Å². The minimum absolute atomic E-state index is 0.00235. The molecule has 0 atom stereocenters. The Balaban J connectivity index is 1.38. The van der Waals surface area contributed by atoms with Crippen LogP contribution in [-0.2, 0) is 10.3 Å². The van der Waals surface area contributed by atoms with Crippen molar-refractivity contribution in [3.05, 3.63) is 35.9 Å². The zero-order valence-electron chi connectivity index (χ0n) is 23.7. The van der Waals surface area contributed by atoms with Gasteiger partial charge in [0.05, 0.1) is 23.1 Å². The van der Waals surface area contributed by atoms with E-state index < -0.39 is 11.0 Å². The van der Waals surface area contributed by atoms with Gasteiger partial charge in [0.25, 0.3) is 0 Å². The highest BCUT2D eigenvalue weighted by molar-refractivity contribution is 7.99. The molecule has 210 valence electrons. The van der Waals surface area contributed by atoms with E-state index in [1.807, 2.05) is 40.3 Å². The number of benzene rings is 1. The monoisotopic (exact) mass is 542 g/mol. The molecule has 2 heterocycles. The second-order valence-corrected chi connectivity index (χ2v) is 14.3. The van der Waals surface area contributed by atoms with E-state index in [-0.39, 0.29) is 23.0 Å². The first kappa shape index (κ1) is 27.8. The Kier molecular flexibility index (Phi) is 7.55. The van der Waals surface area contributed by atoms with Crippen molar-refractivity contribution in [2.24, 2.45) is 5.41 Å². The molecule has 2 saturated carbocycles. The zero-order valence-corrected chi connectivity index (χ0v) is 24.6. The highest BCUT2D eigenvalue weighted by Crippen LogP contribution is 2.50. The topological polar surface area (TPSA) is 67.3 Å². The number of carbonyl (C=O) groups is 2. The SMILES string of the molecule is CN(C)[C@]1(c2ccccc2)CC[C@]2(CC1)CN(CC(C)(C)C(=O)N1CCSCC1)C(=O)N2CC1(O)CCC1. The number of amides is 3. The molecule has 4 aliphatic rings. The van der Waals surface area contributed by atoms with Gasteiger partial charge < -0.3 is 19.8 Å². The van der Waals surface area contributed by atoms with Crippen LogP contribution in [0.5, 0.6) is 0 Å². The van der Waals surface area contributed by atoms with Crippen molar-refractivity contribution in [1.29, 1.82) is 0 Å². The summed E-state index contributed by atoms with van der Waals surface area (Å²) in [5.41, 5.74) is -0.461. The minimum Gasteiger partial charge on any atom is -0.388 e. The van der Waals surface area contributed by atoms with Crippen LogP contribution in [-0.4, -0.2) is 106 Å². The molecule has 1 N–H and O–H groups in total. The van der Waals surface area contributed by atoms with Crippen molar-refractivity contribution in [2.45, 2.75) is 75.5 Å². The molecular weight excluding hydrogens is 496 g/mol. The fourth-order valence-electron chi connectivity index (χ4n) is 7.32. The molecule has 8 heteroatoms. The number of nitrogens with zero attached hydrogens (tertiary/aromatic N) is 4. The number of β-amino-alcohol motifs (C(OH)–C–C–N with tert-alkyl or cyclic N) is 1. The molecule has 3 amide bonds. The fraction of sp³-hybridized carbons (Fsp3) is 0.733. The van der Waals surface area contributed by atoms with Crippen molar-refractivity contribution >= 4 is 23.7 Å². The third kappa shape index (κ3) is 4.97. The van der Waals surface area contributed by atoms with Crippen molar-refractivity contribution in [3.63, 3.8) is 0 Å². The van der Waals surface area contributed by atoms with Gasteiger partial charge in [0, 0.05) is 43.2 Å². The first-order valence-electron chi connectivity index (χ1n) is 14.4. The van der Waals surface area contributed by atoms with Crippen molar-refractivity contribution in [3.8, 4) is 0 Å². The van der Waals surface area contributed by atoms with Crippen molar-refractivity contribution in [1.82, 2.24) is 19.6 Å². The van der Waals surface area contributed by atoms with E-state index in [0.717, 1.165) is 69.5 Å². The summed E-state index contributed by atoms with van der Waals surface area (Å²) in [5, 5.41) is 11.2. The second-order valence-electron chi connectivity index (χ2n) is 13.1. The summed E-state index contributed by atoms with van der Waals surface area (Å²) in [4.78, 5) is 35.8. The normalized spacial score (nSPS) is 29.7. The van der Waals surface area contributed by atoms with E-state index in [4.69, 9.17) is 0 Å². The van der Waals surface area contributed by atoms with Gasteiger partial charge in [-0.2, -0.15) is 11.8 Å². The largest absolute Gasteiger partial charge is 0.388 e. The molecule has 5 rings (SSSR count). The molecule has 1 aromatic carbocycles. The van der Waals surface area contributed by atoms with Crippen molar-refractivity contribution < 1.29 is 14.7 Å². The number of carbonyl (C=O) groups excluding carboxylic acids is 2. The van der Waals surface area contributed by atoms with Gasteiger partial charge in [-0.1, -0.05) is 30.3 Å². The highest BCUT2D eigenvalue weighted by atomic mass is 32.2. The molecule has 2 saturated heterocycles. The van der Waals surface area contributed by atoms with Crippen LogP contribution in [0.15, 0.2) is 30.3 Å². The van der Waals surface area contributed by atoms with Gasteiger partial charge in [0.2, 0.25) is 5.91 Å². The number of rotatable bonds is 7. The lowest BCUT2D eigenvalue weighted by Crippen LogP contribution is -2.59. The van der Waals surface area contributed by atoms with Gasteiger partial charge in [0.15, 0.2) is 0 Å². The Bertz CT molecular complexity index is 1010.